The van der Waals surface area contributed by atoms with E-state index < -0.39 is 0 Å². The van der Waals surface area contributed by atoms with Crippen molar-refractivity contribution in [1.82, 2.24) is 0 Å². The van der Waals surface area contributed by atoms with Crippen LogP contribution in [0.2, 0.25) is 0 Å². The van der Waals surface area contributed by atoms with Crippen LogP contribution in [0.3, 0.4) is 0 Å². The van der Waals surface area contributed by atoms with Gasteiger partial charge in [-0.2, -0.15) is 0 Å². The number of hydrogen-bond acceptors (Lipinski definition) is 3. The van der Waals surface area contributed by atoms with E-state index in [9.17, 15) is 0 Å². The average Bonchev–Trinajstić information content (AvgIpc) is 2.03. The minimum atomic E-state index is 0.648. The normalized spacial score (nSPS) is 9.46. The van der Waals surface area contributed by atoms with Crippen LogP contribution in [0.1, 0.15) is 0 Å². The van der Waals surface area contributed by atoms with Gasteiger partial charge in [0.05, 0.1) is 16.4 Å². The molecular weight excluding hydrogens is 180 g/mol. The molecule has 0 aliphatic rings. The molecule has 13 heavy (non-hydrogen) atoms. The fraction of sp³-hybridized carbons (Fsp3) is 0.200. The summed E-state index contributed by atoms with van der Waals surface area (Å²) in [5.41, 5.74) is 2.14. The van der Waals surface area contributed by atoms with Gasteiger partial charge in [0.25, 0.3) is 0 Å². The summed E-state index contributed by atoms with van der Waals surface area (Å²) in [5.74, 6) is 0. The van der Waals surface area contributed by atoms with Crippen molar-refractivity contribution in [2.45, 2.75) is 0 Å². The SMILES string of the molecule is C=C(S)Nc1ccccc1N(C)C. The van der Waals surface area contributed by atoms with Crippen LogP contribution in [0.25, 0.3) is 0 Å². The first-order valence-corrected chi connectivity index (χ1v) is 4.47. The van der Waals surface area contributed by atoms with E-state index in [1.807, 2.05) is 43.3 Å². The highest BCUT2D eigenvalue weighted by Gasteiger charge is 2.01. The van der Waals surface area contributed by atoms with Gasteiger partial charge in [-0.1, -0.05) is 18.7 Å². The van der Waals surface area contributed by atoms with E-state index in [0.717, 1.165) is 11.4 Å². The van der Waals surface area contributed by atoms with E-state index in [4.69, 9.17) is 0 Å². The number of benzene rings is 1. The molecule has 0 aliphatic heterocycles. The largest absolute Gasteiger partial charge is 0.376 e. The van der Waals surface area contributed by atoms with Gasteiger partial charge in [0.2, 0.25) is 0 Å². The maximum atomic E-state index is 4.10. The van der Waals surface area contributed by atoms with Gasteiger partial charge in [0, 0.05) is 14.1 Å². The standard InChI is InChI=1S/C10H14N2S/c1-8(13)11-9-6-4-5-7-10(9)12(2)3/h4-7,11,13H,1H2,2-3H3. The molecule has 0 bridgehead atoms. The molecule has 0 amide bonds. The van der Waals surface area contributed by atoms with Crippen LogP contribution in [0.5, 0.6) is 0 Å². The Balaban J connectivity index is 2.97. The highest BCUT2D eigenvalue weighted by Crippen LogP contribution is 2.24. The maximum absolute atomic E-state index is 4.10. The number of nitrogens with zero attached hydrogens (tertiary/aromatic N) is 1. The molecule has 0 atom stereocenters. The van der Waals surface area contributed by atoms with Gasteiger partial charge in [0.15, 0.2) is 0 Å². The van der Waals surface area contributed by atoms with Crippen molar-refractivity contribution in [1.29, 1.82) is 0 Å². The van der Waals surface area contributed by atoms with Crippen molar-refractivity contribution >= 4 is 24.0 Å². The minimum absolute atomic E-state index is 0.648. The van der Waals surface area contributed by atoms with Crippen molar-refractivity contribution in [3.8, 4) is 0 Å². The Hall–Kier alpha value is -1.09. The molecule has 0 saturated carbocycles. The molecule has 0 saturated heterocycles. The van der Waals surface area contributed by atoms with Gasteiger partial charge < -0.3 is 10.2 Å². The highest BCUT2D eigenvalue weighted by molar-refractivity contribution is 7.84. The zero-order chi connectivity index (χ0) is 9.84. The number of nitrogens with one attached hydrogen (secondary N) is 1. The molecular formula is C10H14N2S. The zero-order valence-corrected chi connectivity index (χ0v) is 8.81. The maximum Gasteiger partial charge on any atom is 0.0625 e. The molecule has 0 spiro atoms. The average molecular weight is 194 g/mol. The van der Waals surface area contributed by atoms with Crippen LogP contribution in [0, 0.1) is 0 Å². The monoisotopic (exact) mass is 194 g/mol. The van der Waals surface area contributed by atoms with Gasteiger partial charge >= 0.3 is 0 Å². The van der Waals surface area contributed by atoms with Gasteiger partial charge in [-0.3, -0.25) is 0 Å². The lowest BCUT2D eigenvalue weighted by Crippen LogP contribution is -2.11. The van der Waals surface area contributed by atoms with E-state index in [2.05, 4.69) is 24.5 Å². The third kappa shape index (κ3) is 2.70. The molecule has 1 N–H and O–H groups in total. The fourth-order valence-electron chi connectivity index (χ4n) is 1.12. The second-order valence-corrected chi connectivity index (χ2v) is 3.52. The van der Waals surface area contributed by atoms with Gasteiger partial charge in [0.1, 0.15) is 0 Å². The number of anilines is 2. The molecule has 1 rings (SSSR count). The highest BCUT2D eigenvalue weighted by atomic mass is 32.1. The van der Waals surface area contributed by atoms with E-state index in [-0.39, 0.29) is 0 Å². The molecule has 0 heterocycles. The molecule has 0 unspecified atom stereocenters. The molecule has 2 nitrogen and oxygen atoms in total. The molecule has 1 aromatic rings. The van der Waals surface area contributed by atoms with Crippen LogP contribution in [0.4, 0.5) is 11.4 Å². The summed E-state index contributed by atoms with van der Waals surface area (Å²) in [4.78, 5) is 2.04. The molecule has 0 aliphatic carbocycles. The fourth-order valence-corrected chi connectivity index (χ4v) is 1.25. The second-order valence-electron chi connectivity index (χ2n) is 2.98. The Morgan fingerprint density at radius 3 is 2.54 bits per heavy atom. The van der Waals surface area contributed by atoms with Crippen LogP contribution < -0.4 is 10.2 Å². The third-order valence-electron chi connectivity index (χ3n) is 1.66. The van der Waals surface area contributed by atoms with Crippen molar-refractivity contribution in [3.05, 3.63) is 35.9 Å². The molecule has 1 aromatic carbocycles. The lowest BCUT2D eigenvalue weighted by atomic mass is 10.2. The first-order chi connectivity index (χ1) is 6.11. The number of thiol groups is 1. The van der Waals surface area contributed by atoms with Gasteiger partial charge in [-0.25, -0.2) is 0 Å². The van der Waals surface area contributed by atoms with E-state index >= 15 is 0 Å². The quantitative estimate of drug-likeness (QED) is 0.719. The minimum Gasteiger partial charge on any atom is -0.376 e. The summed E-state index contributed by atoms with van der Waals surface area (Å²) in [6.45, 7) is 3.69. The van der Waals surface area contributed by atoms with Crippen molar-refractivity contribution in [2.24, 2.45) is 0 Å². The zero-order valence-electron chi connectivity index (χ0n) is 7.91. The lowest BCUT2D eigenvalue weighted by molar-refractivity contribution is 1.13. The first-order valence-electron chi connectivity index (χ1n) is 4.02. The Labute approximate surface area is 84.7 Å². The Morgan fingerprint density at radius 2 is 2.00 bits per heavy atom. The Kier molecular flexibility index (Phi) is 3.25. The van der Waals surface area contributed by atoms with Crippen molar-refractivity contribution in [3.63, 3.8) is 0 Å². The molecule has 0 radical (unpaired) electrons. The van der Waals surface area contributed by atoms with Crippen LogP contribution in [-0.4, -0.2) is 14.1 Å². The van der Waals surface area contributed by atoms with Crippen molar-refractivity contribution in [2.75, 3.05) is 24.3 Å². The number of para-hydroxylation sites is 2. The summed E-state index contributed by atoms with van der Waals surface area (Å²) in [7, 11) is 4.00. The topological polar surface area (TPSA) is 15.3 Å². The molecule has 3 heteroatoms. The predicted molar refractivity (Wildman–Crippen MR) is 62.5 cm³/mol. The smallest absolute Gasteiger partial charge is 0.0625 e. The Morgan fingerprint density at radius 1 is 1.38 bits per heavy atom. The molecule has 70 valence electrons. The molecule has 0 aromatic heterocycles. The lowest BCUT2D eigenvalue weighted by Gasteiger charge is -2.17. The van der Waals surface area contributed by atoms with E-state index in [1.165, 1.54) is 0 Å². The second kappa shape index (κ2) is 4.23. The summed E-state index contributed by atoms with van der Waals surface area (Å²) in [6.07, 6.45) is 0. The summed E-state index contributed by atoms with van der Waals surface area (Å²) < 4.78 is 0. The summed E-state index contributed by atoms with van der Waals surface area (Å²) in [6, 6.07) is 8.02. The van der Waals surface area contributed by atoms with Gasteiger partial charge in [-0.15, -0.1) is 12.6 Å². The first kappa shape index (κ1) is 9.99. The van der Waals surface area contributed by atoms with E-state index in [0.29, 0.717) is 5.03 Å². The number of hydrogen-bond donors (Lipinski definition) is 2. The molecule has 0 fully saturated rings. The Bertz CT molecular complexity index is 308. The van der Waals surface area contributed by atoms with E-state index in [1.54, 1.807) is 0 Å². The number of rotatable bonds is 3. The van der Waals surface area contributed by atoms with Crippen LogP contribution in [0.15, 0.2) is 35.9 Å². The van der Waals surface area contributed by atoms with Crippen molar-refractivity contribution < 1.29 is 0 Å². The van der Waals surface area contributed by atoms with Crippen LogP contribution in [-0.2, 0) is 0 Å². The van der Waals surface area contributed by atoms with Crippen LogP contribution >= 0.6 is 12.6 Å². The summed E-state index contributed by atoms with van der Waals surface area (Å²) >= 11 is 4.10. The predicted octanol–water partition coefficient (Wildman–Crippen LogP) is 2.57. The summed E-state index contributed by atoms with van der Waals surface area (Å²) in [5, 5.41) is 3.73. The van der Waals surface area contributed by atoms with Gasteiger partial charge in [-0.05, 0) is 12.1 Å². The third-order valence-corrected chi connectivity index (χ3v) is 1.78.